The second-order valence-electron chi connectivity index (χ2n) is 9.72. The number of amides is 4. The summed E-state index contributed by atoms with van der Waals surface area (Å²) in [7, 11) is 0. The Kier molecular flexibility index (Phi) is 7.75. The van der Waals surface area contributed by atoms with E-state index in [0.29, 0.717) is 11.5 Å². The van der Waals surface area contributed by atoms with Crippen LogP contribution in [-0.2, 0) is 6.42 Å². The van der Waals surface area contributed by atoms with Crippen LogP contribution in [-0.4, -0.2) is 38.1 Å². The molecule has 4 N–H and O–H groups in total. The van der Waals surface area contributed by atoms with E-state index in [1.165, 1.54) is 0 Å². The molecule has 0 bridgehead atoms. The molecule has 0 radical (unpaired) electrons. The Balaban J connectivity index is 2.32. The molecule has 0 spiro atoms. The lowest BCUT2D eigenvalue weighted by molar-refractivity contribution is 0.242. The normalized spacial score (nSPS) is 11.8. The minimum atomic E-state index is -0.397. The van der Waals surface area contributed by atoms with Crippen LogP contribution < -0.4 is 21.3 Å². The van der Waals surface area contributed by atoms with E-state index in [1.54, 1.807) is 6.20 Å². The number of nitrogens with one attached hydrogen (secondary N) is 4. The van der Waals surface area contributed by atoms with Crippen LogP contribution in [0.3, 0.4) is 0 Å². The number of carbonyl (C=O) groups is 2. The molecule has 0 aliphatic rings. The highest BCUT2D eigenvalue weighted by Gasteiger charge is 2.18. The molecule has 0 unspecified atom stereocenters. The quantitative estimate of drug-likeness (QED) is 0.500. The molecule has 31 heavy (non-hydrogen) atoms. The van der Waals surface area contributed by atoms with Gasteiger partial charge < -0.3 is 10.6 Å². The number of hydrogen-bond acceptors (Lipinski definition) is 5. The van der Waals surface area contributed by atoms with Gasteiger partial charge in [-0.05, 0) is 66.0 Å². The maximum atomic E-state index is 12.4. The summed E-state index contributed by atoms with van der Waals surface area (Å²) < 4.78 is 0. The van der Waals surface area contributed by atoms with Gasteiger partial charge in [0.15, 0.2) is 5.65 Å². The van der Waals surface area contributed by atoms with Crippen molar-refractivity contribution in [3.63, 3.8) is 0 Å². The minimum absolute atomic E-state index is 0.144. The molecule has 4 amide bonds. The van der Waals surface area contributed by atoms with Gasteiger partial charge in [-0.15, -0.1) is 0 Å². The molecule has 0 saturated carbocycles. The Morgan fingerprint density at radius 2 is 1.52 bits per heavy atom. The molecule has 9 heteroatoms. The van der Waals surface area contributed by atoms with Gasteiger partial charge in [0.05, 0.1) is 0 Å². The molecule has 2 aromatic heterocycles. The summed E-state index contributed by atoms with van der Waals surface area (Å²) in [6.07, 6.45) is 5.60. The van der Waals surface area contributed by atoms with Gasteiger partial charge in [-0.3, -0.25) is 10.6 Å². The molecule has 0 atom stereocenters. The Morgan fingerprint density at radius 3 is 2.10 bits per heavy atom. The van der Waals surface area contributed by atoms with Gasteiger partial charge in [0.25, 0.3) is 0 Å². The van der Waals surface area contributed by atoms with E-state index < -0.39 is 6.03 Å². The number of aromatic nitrogens is 3. The summed E-state index contributed by atoms with van der Waals surface area (Å²) in [6.45, 7) is 13.5. The summed E-state index contributed by atoms with van der Waals surface area (Å²) >= 11 is 0. The molecule has 9 nitrogen and oxygen atoms in total. The molecule has 0 aromatic carbocycles. The first-order chi connectivity index (χ1) is 14.4. The van der Waals surface area contributed by atoms with Gasteiger partial charge in [0.1, 0.15) is 5.82 Å². The highest BCUT2D eigenvalue weighted by molar-refractivity contribution is 5.92. The molecule has 0 fully saturated rings. The Hall–Kier alpha value is -2.97. The average Bonchev–Trinajstić information content (AvgIpc) is 2.59. The molecule has 2 heterocycles. The topological polar surface area (TPSA) is 121 Å². The molecular weight excluding hydrogens is 394 g/mol. The van der Waals surface area contributed by atoms with Crippen LogP contribution in [0.2, 0.25) is 0 Å². The van der Waals surface area contributed by atoms with Crippen LogP contribution in [0.4, 0.5) is 21.4 Å². The highest BCUT2D eigenvalue weighted by Crippen LogP contribution is 2.22. The second kappa shape index (κ2) is 9.89. The van der Waals surface area contributed by atoms with Gasteiger partial charge in [0, 0.05) is 22.7 Å². The average molecular weight is 430 g/mol. The Labute approximate surface area is 184 Å². The summed E-state index contributed by atoms with van der Waals surface area (Å²) in [5.41, 5.74) is 0.568. The number of nitrogens with zero attached hydrogens (tertiary/aromatic N) is 3. The first-order valence-electron chi connectivity index (χ1n) is 10.7. The second-order valence-corrected chi connectivity index (χ2v) is 9.72. The number of hydrogen-bond donors (Lipinski definition) is 4. The number of anilines is 2. The smallest absolute Gasteiger partial charge is 0.322 e. The van der Waals surface area contributed by atoms with E-state index >= 15 is 0 Å². The van der Waals surface area contributed by atoms with E-state index in [1.807, 2.05) is 47.6 Å². The van der Waals surface area contributed by atoms with Crippen molar-refractivity contribution in [2.75, 3.05) is 10.6 Å². The number of urea groups is 2. The zero-order valence-electron chi connectivity index (χ0n) is 19.6. The lowest BCUT2D eigenvalue weighted by Gasteiger charge is -2.21. The van der Waals surface area contributed by atoms with Gasteiger partial charge in [0.2, 0.25) is 5.95 Å². The number of aryl methyl sites for hydroxylation is 1. The monoisotopic (exact) mass is 429 g/mol. The molecule has 170 valence electrons. The zero-order valence-corrected chi connectivity index (χ0v) is 19.6. The number of fused-ring (bicyclic) bond motifs is 1. The predicted molar refractivity (Wildman–Crippen MR) is 124 cm³/mol. The first-order valence-corrected chi connectivity index (χ1v) is 10.7. The van der Waals surface area contributed by atoms with Crippen molar-refractivity contribution in [2.45, 2.75) is 85.2 Å². The van der Waals surface area contributed by atoms with Gasteiger partial charge in [-0.25, -0.2) is 19.6 Å². The van der Waals surface area contributed by atoms with Crippen LogP contribution in [0.25, 0.3) is 11.0 Å². The van der Waals surface area contributed by atoms with Crippen LogP contribution in [0, 0.1) is 0 Å². The van der Waals surface area contributed by atoms with E-state index in [0.717, 1.165) is 36.6 Å². The Morgan fingerprint density at radius 1 is 0.903 bits per heavy atom. The van der Waals surface area contributed by atoms with E-state index in [9.17, 15) is 9.59 Å². The summed E-state index contributed by atoms with van der Waals surface area (Å²) in [4.78, 5) is 37.7. The van der Waals surface area contributed by atoms with E-state index in [-0.39, 0.29) is 23.1 Å². The molecule has 0 aliphatic carbocycles. The maximum absolute atomic E-state index is 12.4. The van der Waals surface area contributed by atoms with Crippen molar-refractivity contribution >= 4 is 34.9 Å². The van der Waals surface area contributed by atoms with Crippen molar-refractivity contribution in [3.05, 3.63) is 17.8 Å². The fourth-order valence-corrected chi connectivity index (χ4v) is 2.88. The minimum Gasteiger partial charge on any atom is -0.333 e. The SMILES string of the molecule is CCCCCc1cc2cnc(NC(=O)NC(C)(C)C)nc2nc1NC(=O)NC(C)(C)C. The third-order valence-corrected chi connectivity index (χ3v) is 4.13. The number of carbonyl (C=O) groups excluding carboxylic acids is 2. The predicted octanol–water partition coefficient (Wildman–Crippen LogP) is 4.60. The van der Waals surface area contributed by atoms with Crippen LogP contribution in [0.15, 0.2) is 12.3 Å². The number of pyridine rings is 1. The largest absolute Gasteiger partial charge is 0.333 e. The van der Waals surface area contributed by atoms with Gasteiger partial charge in [-0.1, -0.05) is 19.8 Å². The van der Waals surface area contributed by atoms with Crippen molar-refractivity contribution in [2.24, 2.45) is 0 Å². The number of rotatable bonds is 6. The van der Waals surface area contributed by atoms with Crippen molar-refractivity contribution in [1.82, 2.24) is 25.6 Å². The standard InChI is InChI=1S/C22H35N7O2/c1-8-9-10-11-14-12-15-13-23-18(27-20(31)29-22(5,6)7)25-17(15)24-16(14)26-19(30)28-21(2,3)4/h12-13H,8-11H2,1-7H3,(H4,23,24,25,26,27,28,29,30,31). The van der Waals surface area contributed by atoms with Gasteiger partial charge in [-0.2, -0.15) is 4.98 Å². The summed E-state index contributed by atoms with van der Waals surface area (Å²) in [5, 5.41) is 11.9. The lowest BCUT2D eigenvalue weighted by atomic mass is 10.1. The van der Waals surface area contributed by atoms with Crippen molar-refractivity contribution in [1.29, 1.82) is 0 Å². The van der Waals surface area contributed by atoms with E-state index in [4.69, 9.17) is 0 Å². The van der Waals surface area contributed by atoms with Crippen molar-refractivity contribution in [3.8, 4) is 0 Å². The lowest BCUT2D eigenvalue weighted by Crippen LogP contribution is -2.43. The van der Waals surface area contributed by atoms with Crippen molar-refractivity contribution < 1.29 is 9.59 Å². The number of unbranched alkanes of at least 4 members (excludes halogenated alkanes) is 2. The molecular formula is C22H35N7O2. The molecule has 2 rings (SSSR count). The van der Waals surface area contributed by atoms with Crippen LogP contribution in [0.5, 0.6) is 0 Å². The summed E-state index contributed by atoms with van der Waals surface area (Å²) in [5.74, 6) is 0.611. The third kappa shape index (κ3) is 8.35. The maximum Gasteiger partial charge on any atom is 0.322 e. The highest BCUT2D eigenvalue weighted by atomic mass is 16.2. The third-order valence-electron chi connectivity index (χ3n) is 4.13. The Bertz CT molecular complexity index is 930. The molecule has 0 saturated heterocycles. The zero-order chi connectivity index (χ0) is 23.2. The van der Waals surface area contributed by atoms with Crippen LogP contribution in [0.1, 0.15) is 73.3 Å². The van der Waals surface area contributed by atoms with Crippen LogP contribution >= 0.6 is 0 Å². The van der Waals surface area contributed by atoms with E-state index in [2.05, 4.69) is 43.1 Å². The fourth-order valence-electron chi connectivity index (χ4n) is 2.88. The molecule has 0 aliphatic heterocycles. The van der Waals surface area contributed by atoms with Gasteiger partial charge >= 0.3 is 12.1 Å². The fraction of sp³-hybridized carbons (Fsp3) is 0.591. The first kappa shape index (κ1) is 24.3. The molecule has 2 aromatic rings. The summed E-state index contributed by atoms with van der Waals surface area (Å²) in [6, 6.07) is 1.22.